The minimum Gasteiger partial charge on any atom is -0.316 e. The maximum atomic E-state index is 4.94. The van der Waals surface area contributed by atoms with Gasteiger partial charge in [0, 0.05) is 31.7 Å². The zero-order valence-electron chi connectivity index (χ0n) is 13.9. The van der Waals surface area contributed by atoms with Gasteiger partial charge < -0.3 is 14.8 Å². The number of likely N-dealkylation sites (tertiary alicyclic amines) is 1. The second kappa shape index (κ2) is 6.97. The fourth-order valence-corrected chi connectivity index (χ4v) is 4.00. The van der Waals surface area contributed by atoms with Crippen molar-refractivity contribution in [3.05, 3.63) is 24.2 Å². The van der Waals surface area contributed by atoms with Crippen LogP contribution in [0.3, 0.4) is 0 Å². The summed E-state index contributed by atoms with van der Waals surface area (Å²) in [5, 5.41) is 3.53. The first-order valence-electron chi connectivity index (χ1n) is 9.16. The molecule has 2 saturated heterocycles. The largest absolute Gasteiger partial charge is 0.316 e. The summed E-state index contributed by atoms with van der Waals surface area (Å²) in [6, 6.07) is 4.09. The Bertz CT molecular complexity index is 638. The van der Waals surface area contributed by atoms with E-state index in [0.29, 0.717) is 5.92 Å². The highest BCUT2D eigenvalue weighted by Crippen LogP contribution is 2.26. The van der Waals surface area contributed by atoms with E-state index >= 15 is 0 Å². The first-order chi connectivity index (χ1) is 11.4. The van der Waals surface area contributed by atoms with Gasteiger partial charge in [0.15, 0.2) is 5.65 Å². The van der Waals surface area contributed by atoms with Crippen molar-refractivity contribution in [3.8, 4) is 0 Å². The Kier molecular flexibility index (Phi) is 4.57. The Morgan fingerprint density at radius 2 is 2.04 bits per heavy atom. The van der Waals surface area contributed by atoms with Crippen molar-refractivity contribution >= 4 is 11.2 Å². The molecule has 5 nitrogen and oxygen atoms in total. The number of imidazole rings is 1. The zero-order chi connectivity index (χ0) is 15.5. The first-order valence-corrected chi connectivity index (χ1v) is 9.16. The van der Waals surface area contributed by atoms with Crippen molar-refractivity contribution in [1.82, 2.24) is 24.8 Å². The van der Waals surface area contributed by atoms with Crippen LogP contribution >= 0.6 is 0 Å². The van der Waals surface area contributed by atoms with Crippen LogP contribution in [0.15, 0.2) is 18.3 Å². The Morgan fingerprint density at radius 1 is 1.13 bits per heavy atom. The maximum Gasteiger partial charge on any atom is 0.160 e. The van der Waals surface area contributed by atoms with Gasteiger partial charge in [0.25, 0.3) is 0 Å². The van der Waals surface area contributed by atoms with Crippen LogP contribution < -0.4 is 5.32 Å². The Balaban J connectivity index is 1.59. The molecule has 5 heteroatoms. The molecule has 0 aliphatic carbocycles. The third kappa shape index (κ3) is 3.26. The molecule has 0 amide bonds. The van der Waals surface area contributed by atoms with E-state index in [1.54, 1.807) is 0 Å². The predicted octanol–water partition coefficient (Wildman–Crippen LogP) is 2.38. The van der Waals surface area contributed by atoms with Gasteiger partial charge in [0.2, 0.25) is 0 Å². The highest BCUT2D eigenvalue weighted by molar-refractivity contribution is 5.71. The molecular weight excluding hydrogens is 286 g/mol. The number of aromatic nitrogens is 3. The molecule has 2 aliphatic rings. The molecule has 2 aromatic heterocycles. The molecule has 1 atom stereocenters. The number of rotatable bonds is 4. The molecular formula is C18H27N5. The van der Waals surface area contributed by atoms with Gasteiger partial charge in [0.1, 0.15) is 11.3 Å². The van der Waals surface area contributed by atoms with Crippen molar-refractivity contribution < 1.29 is 0 Å². The summed E-state index contributed by atoms with van der Waals surface area (Å²) in [6.45, 7) is 6.82. The number of pyridine rings is 1. The number of piperidine rings is 2. The van der Waals surface area contributed by atoms with Gasteiger partial charge in [-0.3, -0.25) is 0 Å². The molecule has 1 N–H and O–H groups in total. The smallest absolute Gasteiger partial charge is 0.160 e. The van der Waals surface area contributed by atoms with Crippen LogP contribution in [0.1, 0.15) is 43.8 Å². The summed E-state index contributed by atoms with van der Waals surface area (Å²) in [5.41, 5.74) is 2.11. The summed E-state index contributed by atoms with van der Waals surface area (Å²) in [5.74, 6) is 1.77. The molecule has 1 unspecified atom stereocenters. The van der Waals surface area contributed by atoms with Gasteiger partial charge in [-0.2, -0.15) is 0 Å². The molecule has 0 radical (unpaired) electrons. The second-order valence-corrected chi connectivity index (χ2v) is 6.91. The fraction of sp³-hybridized carbons (Fsp3) is 0.667. The standard InChI is InChI=1S/C18H27N5/c1-2-10-22(11-3-1)12-13-23-17(15-6-4-8-19-14-15)21-16-7-5-9-20-18(16)23/h5,7,9,15,19H,1-4,6,8,10-14H2. The molecule has 2 fully saturated rings. The average molecular weight is 313 g/mol. The molecule has 23 heavy (non-hydrogen) atoms. The Labute approximate surface area is 138 Å². The number of hydrogen-bond acceptors (Lipinski definition) is 4. The van der Waals surface area contributed by atoms with Gasteiger partial charge in [-0.25, -0.2) is 9.97 Å². The van der Waals surface area contributed by atoms with Crippen LogP contribution in [0.25, 0.3) is 11.2 Å². The molecule has 0 bridgehead atoms. The van der Waals surface area contributed by atoms with Gasteiger partial charge in [-0.1, -0.05) is 6.42 Å². The van der Waals surface area contributed by atoms with Crippen LogP contribution in [0, 0.1) is 0 Å². The van der Waals surface area contributed by atoms with Gasteiger partial charge in [0.05, 0.1) is 0 Å². The number of fused-ring (bicyclic) bond motifs is 1. The third-order valence-corrected chi connectivity index (χ3v) is 5.28. The molecule has 124 valence electrons. The van der Waals surface area contributed by atoms with Crippen LogP contribution in [-0.4, -0.2) is 52.2 Å². The van der Waals surface area contributed by atoms with Crippen molar-refractivity contribution in [3.63, 3.8) is 0 Å². The molecule has 4 heterocycles. The monoisotopic (exact) mass is 313 g/mol. The average Bonchev–Trinajstić information content (AvgIpc) is 3.00. The summed E-state index contributed by atoms with van der Waals surface area (Å²) in [7, 11) is 0. The topological polar surface area (TPSA) is 46.0 Å². The van der Waals surface area contributed by atoms with E-state index in [1.165, 1.54) is 51.0 Å². The molecule has 2 aromatic rings. The minimum atomic E-state index is 0.527. The Hall–Kier alpha value is -1.46. The van der Waals surface area contributed by atoms with Gasteiger partial charge in [-0.15, -0.1) is 0 Å². The number of nitrogens with one attached hydrogen (secondary N) is 1. The molecule has 0 spiro atoms. The van der Waals surface area contributed by atoms with Crippen LogP contribution in [0.5, 0.6) is 0 Å². The lowest BCUT2D eigenvalue weighted by molar-refractivity contribution is 0.220. The fourth-order valence-electron chi connectivity index (χ4n) is 4.00. The highest BCUT2D eigenvalue weighted by atomic mass is 15.2. The minimum absolute atomic E-state index is 0.527. The predicted molar refractivity (Wildman–Crippen MR) is 92.7 cm³/mol. The van der Waals surface area contributed by atoms with E-state index in [-0.39, 0.29) is 0 Å². The number of hydrogen-bond donors (Lipinski definition) is 1. The molecule has 2 aliphatic heterocycles. The lowest BCUT2D eigenvalue weighted by Crippen LogP contribution is -2.34. The van der Waals surface area contributed by atoms with Crippen molar-refractivity contribution in [2.24, 2.45) is 0 Å². The quantitative estimate of drug-likeness (QED) is 0.941. The summed E-state index contributed by atoms with van der Waals surface area (Å²) in [4.78, 5) is 12.2. The Morgan fingerprint density at radius 3 is 2.87 bits per heavy atom. The van der Waals surface area contributed by atoms with Crippen LogP contribution in [0.4, 0.5) is 0 Å². The van der Waals surface area contributed by atoms with E-state index in [2.05, 4.69) is 25.8 Å². The van der Waals surface area contributed by atoms with Crippen LogP contribution in [0.2, 0.25) is 0 Å². The van der Waals surface area contributed by atoms with Gasteiger partial charge in [-0.05, 0) is 57.5 Å². The zero-order valence-corrected chi connectivity index (χ0v) is 13.9. The van der Waals surface area contributed by atoms with E-state index in [9.17, 15) is 0 Å². The van der Waals surface area contributed by atoms with Crippen LogP contribution in [-0.2, 0) is 6.54 Å². The van der Waals surface area contributed by atoms with E-state index < -0.39 is 0 Å². The molecule has 0 aromatic carbocycles. The summed E-state index contributed by atoms with van der Waals surface area (Å²) in [6.07, 6.45) is 8.47. The summed E-state index contributed by atoms with van der Waals surface area (Å²) < 4.78 is 2.39. The van der Waals surface area contributed by atoms with Gasteiger partial charge >= 0.3 is 0 Å². The van der Waals surface area contributed by atoms with E-state index in [4.69, 9.17) is 4.98 Å². The van der Waals surface area contributed by atoms with Crippen molar-refractivity contribution in [1.29, 1.82) is 0 Å². The normalized spacial score (nSPS) is 23.4. The lowest BCUT2D eigenvalue weighted by Gasteiger charge is -2.28. The molecule has 0 saturated carbocycles. The maximum absolute atomic E-state index is 4.94. The third-order valence-electron chi connectivity index (χ3n) is 5.28. The van der Waals surface area contributed by atoms with E-state index in [0.717, 1.165) is 37.3 Å². The van der Waals surface area contributed by atoms with Crippen molar-refractivity contribution in [2.75, 3.05) is 32.7 Å². The highest BCUT2D eigenvalue weighted by Gasteiger charge is 2.23. The summed E-state index contributed by atoms with van der Waals surface area (Å²) >= 11 is 0. The number of nitrogens with zero attached hydrogens (tertiary/aromatic N) is 4. The molecule has 4 rings (SSSR count). The SMILES string of the molecule is c1cnc2c(c1)nc(C1CCCNC1)n2CCN1CCCCC1. The first kappa shape index (κ1) is 15.1. The van der Waals surface area contributed by atoms with E-state index in [1.807, 2.05) is 12.3 Å². The lowest BCUT2D eigenvalue weighted by atomic mass is 9.99. The second-order valence-electron chi connectivity index (χ2n) is 6.91. The van der Waals surface area contributed by atoms with Crippen molar-refractivity contribution in [2.45, 2.75) is 44.6 Å².